The molecule has 4 aromatic rings. The molecule has 0 aliphatic carbocycles. The molecule has 0 unspecified atom stereocenters. The van der Waals surface area contributed by atoms with Gasteiger partial charge in [0.15, 0.2) is 0 Å². The van der Waals surface area contributed by atoms with E-state index in [4.69, 9.17) is 5.10 Å². The van der Waals surface area contributed by atoms with Gasteiger partial charge in [0.05, 0.1) is 30.5 Å². The SMILES string of the molecule is O=C(Nc1ccc(F)cc1)C1CC[NH+](Cc2cnn(-c3ccccc3)c2-n2cccc2)CC1. The van der Waals surface area contributed by atoms with Gasteiger partial charge < -0.3 is 14.8 Å². The van der Waals surface area contributed by atoms with Crippen LogP contribution in [0, 0.1) is 11.7 Å². The van der Waals surface area contributed by atoms with Crippen molar-refractivity contribution in [2.75, 3.05) is 18.4 Å². The number of para-hydroxylation sites is 1. The van der Waals surface area contributed by atoms with E-state index >= 15 is 0 Å². The Hall–Kier alpha value is -3.71. The Kier molecular flexibility index (Phi) is 6.04. The fourth-order valence-electron chi connectivity index (χ4n) is 4.52. The summed E-state index contributed by atoms with van der Waals surface area (Å²) >= 11 is 0. The zero-order chi connectivity index (χ0) is 22.6. The van der Waals surface area contributed by atoms with Crippen LogP contribution in [0.1, 0.15) is 18.4 Å². The maximum Gasteiger partial charge on any atom is 0.227 e. The maximum atomic E-state index is 13.1. The van der Waals surface area contributed by atoms with Gasteiger partial charge in [0.1, 0.15) is 18.2 Å². The molecular formula is C26H27FN5O+. The van der Waals surface area contributed by atoms with E-state index < -0.39 is 0 Å². The number of carbonyl (C=O) groups excluding carboxylic acids is 1. The van der Waals surface area contributed by atoms with Crippen LogP contribution in [0.25, 0.3) is 11.5 Å². The first-order chi connectivity index (χ1) is 16.2. The molecule has 3 heterocycles. The molecule has 168 valence electrons. The number of benzene rings is 2. The van der Waals surface area contributed by atoms with Crippen molar-refractivity contribution in [1.82, 2.24) is 14.3 Å². The summed E-state index contributed by atoms with van der Waals surface area (Å²) in [6.07, 6.45) is 7.70. The molecule has 2 aromatic carbocycles. The summed E-state index contributed by atoms with van der Waals surface area (Å²) in [5.41, 5.74) is 2.85. The number of carbonyl (C=O) groups is 1. The topological polar surface area (TPSA) is 56.3 Å². The molecule has 5 rings (SSSR count). The van der Waals surface area contributed by atoms with E-state index in [1.165, 1.54) is 22.6 Å². The van der Waals surface area contributed by atoms with E-state index in [1.54, 1.807) is 12.1 Å². The number of amides is 1. The molecule has 0 spiro atoms. The summed E-state index contributed by atoms with van der Waals surface area (Å²) < 4.78 is 17.2. The van der Waals surface area contributed by atoms with Crippen molar-refractivity contribution in [3.05, 3.63) is 96.7 Å². The lowest BCUT2D eigenvalue weighted by molar-refractivity contribution is -0.919. The van der Waals surface area contributed by atoms with E-state index in [1.807, 2.05) is 53.6 Å². The first kappa shape index (κ1) is 21.2. The molecule has 0 saturated carbocycles. The Balaban J connectivity index is 1.26. The Bertz CT molecular complexity index is 1190. The summed E-state index contributed by atoms with van der Waals surface area (Å²) in [7, 11) is 0. The van der Waals surface area contributed by atoms with Crippen LogP contribution < -0.4 is 10.2 Å². The molecule has 0 atom stereocenters. The summed E-state index contributed by atoms with van der Waals surface area (Å²) in [6.45, 7) is 2.69. The molecule has 1 aliphatic heterocycles. The van der Waals surface area contributed by atoms with E-state index in [2.05, 4.69) is 22.0 Å². The monoisotopic (exact) mass is 444 g/mol. The molecule has 2 N–H and O–H groups in total. The highest BCUT2D eigenvalue weighted by molar-refractivity contribution is 5.92. The van der Waals surface area contributed by atoms with Crippen molar-refractivity contribution in [2.45, 2.75) is 19.4 Å². The van der Waals surface area contributed by atoms with Gasteiger partial charge in [-0.15, -0.1) is 0 Å². The average Bonchev–Trinajstić information content (AvgIpc) is 3.51. The van der Waals surface area contributed by atoms with Crippen molar-refractivity contribution in [3.63, 3.8) is 0 Å². The van der Waals surface area contributed by atoms with Gasteiger partial charge in [-0.25, -0.2) is 9.07 Å². The summed E-state index contributed by atoms with van der Waals surface area (Å²) in [6, 6.07) is 20.1. The Morgan fingerprint density at radius 1 is 1.00 bits per heavy atom. The molecule has 0 radical (unpaired) electrons. The van der Waals surface area contributed by atoms with Crippen molar-refractivity contribution >= 4 is 11.6 Å². The molecule has 1 aliphatic rings. The third-order valence-electron chi connectivity index (χ3n) is 6.28. The minimum absolute atomic E-state index is 0.0187. The second kappa shape index (κ2) is 9.42. The molecule has 6 nitrogen and oxygen atoms in total. The van der Waals surface area contributed by atoms with Gasteiger partial charge in [-0.1, -0.05) is 18.2 Å². The highest BCUT2D eigenvalue weighted by Crippen LogP contribution is 2.20. The molecular weight excluding hydrogens is 417 g/mol. The number of quaternary nitrogens is 1. The van der Waals surface area contributed by atoms with Crippen LogP contribution >= 0.6 is 0 Å². The Morgan fingerprint density at radius 3 is 2.39 bits per heavy atom. The second-order valence-electron chi connectivity index (χ2n) is 8.53. The van der Waals surface area contributed by atoms with E-state index in [9.17, 15) is 9.18 Å². The van der Waals surface area contributed by atoms with Crippen LogP contribution in [0.4, 0.5) is 10.1 Å². The summed E-state index contributed by atoms with van der Waals surface area (Å²) in [5, 5.41) is 7.62. The number of anilines is 1. The number of hydrogen-bond donors (Lipinski definition) is 2. The molecule has 1 saturated heterocycles. The first-order valence-corrected chi connectivity index (χ1v) is 11.3. The van der Waals surface area contributed by atoms with Crippen LogP contribution in [0.15, 0.2) is 85.3 Å². The minimum Gasteiger partial charge on any atom is -0.331 e. The zero-order valence-electron chi connectivity index (χ0n) is 18.3. The van der Waals surface area contributed by atoms with Crippen LogP contribution in [-0.4, -0.2) is 33.3 Å². The van der Waals surface area contributed by atoms with Gasteiger partial charge >= 0.3 is 0 Å². The van der Waals surface area contributed by atoms with E-state index in [0.717, 1.165) is 44.0 Å². The molecule has 1 fully saturated rings. The number of hydrogen-bond acceptors (Lipinski definition) is 2. The van der Waals surface area contributed by atoms with E-state index in [-0.39, 0.29) is 17.6 Å². The number of nitrogens with one attached hydrogen (secondary N) is 2. The predicted octanol–water partition coefficient (Wildman–Crippen LogP) is 3.24. The quantitative estimate of drug-likeness (QED) is 0.480. The molecule has 33 heavy (non-hydrogen) atoms. The lowest BCUT2D eigenvalue weighted by Crippen LogP contribution is -3.11. The summed E-state index contributed by atoms with van der Waals surface area (Å²) in [4.78, 5) is 14.1. The number of halogens is 1. The van der Waals surface area contributed by atoms with Crippen LogP contribution in [0.5, 0.6) is 0 Å². The van der Waals surface area contributed by atoms with Gasteiger partial charge in [0, 0.05) is 36.8 Å². The van der Waals surface area contributed by atoms with Crippen molar-refractivity contribution in [1.29, 1.82) is 0 Å². The largest absolute Gasteiger partial charge is 0.331 e. The maximum absolute atomic E-state index is 13.1. The fourth-order valence-corrected chi connectivity index (χ4v) is 4.52. The zero-order valence-corrected chi connectivity index (χ0v) is 18.3. The van der Waals surface area contributed by atoms with Gasteiger partial charge in [0.25, 0.3) is 0 Å². The molecule has 1 amide bonds. The fraction of sp³-hybridized carbons (Fsp3) is 0.231. The lowest BCUT2D eigenvalue weighted by atomic mass is 9.95. The second-order valence-corrected chi connectivity index (χ2v) is 8.53. The van der Waals surface area contributed by atoms with Crippen molar-refractivity contribution in [2.24, 2.45) is 5.92 Å². The van der Waals surface area contributed by atoms with Crippen LogP contribution in [0.2, 0.25) is 0 Å². The van der Waals surface area contributed by atoms with Crippen LogP contribution in [0.3, 0.4) is 0 Å². The van der Waals surface area contributed by atoms with Crippen LogP contribution in [-0.2, 0) is 11.3 Å². The Labute approximate surface area is 192 Å². The molecule has 0 bridgehead atoms. The summed E-state index contributed by atoms with van der Waals surface area (Å²) in [5.74, 6) is 0.745. The van der Waals surface area contributed by atoms with Gasteiger partial charge in [0.2, 0.25) is 5.91 Å². The number of aromatic nitrogens is 3. The number of nitrogens with zero attached hydrogens (tertiary/aromatic N) is 3. The molecule has 7 heteroatoms. The normalized spacial score (nSPS) is 18.2. The molecule has 2 aromatic heterocycles. The number of likely N-dealkylation sites (tertiary alicyclic amines) is 1. The number of piperidine rings is 1. The van der Waals surface area contributed by atoms with Gasteiger partial charge in [-0.3, -0.25) is 4.79 Å². The first-order valence-electron chi connectivity index (χ1n) is 11.3. The Morgan fingerprint density at radius 2 is 1.70 bits per heavy atom. The minimum atomic E-state index is -0.306. The van der Waals surface area contributed by atoms with Crippen molar-refractivity contribution in [3.8, 4) is 11.5 Å². The predicted molar refractivity (Wildman–Crippen MR) is 125 cm³/mol. The number of rotatable bonds is 6. The van der Waals surface area contributed by atoms with Gasteiger partial charge in [-0.2, -0.15) is 5.10 Å². The van der Waals surface area contributed by atoms with E-state index in [0.29, 0.717) is 5.69 Å². The lowest BCUT2D eigenvalue weighted by Gasteiger charge is -2.28. The standard InChI is InChI=1S/C26H26FN5O/c27-22-8-10-23(11-9-22)29-25(33)20-12-16-30(17-13-20)19-21-18-28-32(24-6-2-1-3-7-24)26(21)31-14-4-5-15-31/h1-11,14-15,18,20H,12-13,16-17,19H2,(H,29,33)/p+1. The van der Waals surface area contributed by atoms with Gasteiger partial charge in [-0.05, 0) is 48.5 Å². The average molecular weight is 445 g/mol. The van der Waals surface area contributed by atoms with Crippen molar-refractivity contribution < 1.29 is 14.1 Å². The third-order valence-corrected chi connectivity index (χ3v) is 6.28. The smallest absolute Gasteiger partial charge is 0.227 e. The highest BCUT2D eigenvalue weighted by atomic mass is 19.1. The highest BCUT2D eigenvalue weighted by Gasteiger charge is 2.29. The third kappa shape index (κ3) is 4.73.